The lowest BCUT2D eigenvalue weighted by molar-refractivity contribution is 0.170. The standard InChI is InChI=1S/C11H16N2O4S/c1-2-8-12-18(16,17)13(11(14)15)9-10-6-4-3-5-7-10/h3-7,12H,2,8-9H2,1H3,(H,14,15). The van der Waals surface area contributed by atoms with Crippen LogP contribution in [0, 0.1) is 0 Å². The third kappa shape index (κ3) is 4.01. The average molecular weight is 272 g/mol. The zero-order valence-electron chi connectivity index (χ0n) is 10.0. The summed E-state index contributed by atoms with van der Waals surface area (Å²) >= 11 is 0. The van der Waals surface area contributed by atoms with Gasteiger partial charge >= 0.3 is 16.3 Å². The van der Waals surface area contributed by atoms with Crippen LogP contribution in [0.3, 0.4) is 0 Å². The van der Waals surface area contributed by atoms with Gasteiger partial charge in [-0.2, -0.15) is 17.4 Å². The minimum Gasteiger partial charge on any atom is -0.464 e. The Kier molecular flexibility index (Phi) is 5.11. The molecule has 0 radical (unpaired) electrons. The van der Waals surface area contributed by atoms with Crippen molar-refractivity contribution in [3.8, 4) is 0 Å². The summed E-state index contributed by atoms with van der Waals surface area (Å²) < 4.78 is 26.2. The first-order valence-corrected chi connectivity index (χ1v) is 6.95. The average Bonchev–Trinajstić information content (AvgIpc) is 2.34. The highest BCUT2D eigenvalue weighted by Gasteiger charge is 2.26. The van der Waals surface area contributed by atoms with Crippen molar-refractivity contribution >= 4 is 16.3 Å². The van der Waals surface area contributed by atoms with Crippen LogP contribution < -0.4 is 4.72 Å². The van der Waals surface area contributed by atoms with Gasteiger partial charge in [0.05, 0.1) is 6.54 Å². The Bertz CT molecular complexity index is 487. The van der Waals surface area contributed by atoms with E-state index in [4.69, 9.17) is 5.11 Å². The summed E-state index contributed by atoms with van der Waals surface area (Å²) in [7, 11) is -4.00. The van der Waals surface area contributed by atoms with E-state index in [0.29, 0.717) is 16.3 Å². The van der Waals surface area contributed by atoms with Crippen LogP contribution in [0.2, 0.25) is 0 Å². The molecule has 100 valence electrons. The molecule has 1 amide bonds. The first kappa shape index (κ1) is 14.5. The maximum absolute atomic E-state index is 11.8. The largest absolute Gasteiger partial charge is 0.464 e. The summed E-state index contributed by atoms with van der Waals surface area (Å²) in [6.45, 7) is 1.81. The van der Waals surface area contributed by atoms with E-state index in [9.17, 15) is 13.2 Å². The van der Waals surface area contributed by atoms with E-state index in [2.05, 4.69) is 4.72 Å². The van der Waals surface area contributed by atoms with Gasteiger partial charge in [0.15, 0.2) is 0 Å². The topological polar surface area (TPSA) is 86.7 Å². The van der Waals surface area contributed by atoms with Crippen molar-refractivity contribution in [1.82, 2.24) is 9.03 Å². The minimum atomic E-state index is -4.00. The molecule has 7 heteroatoms. The third-order valence-electron chi connectivity index (χ3n) is 2.21. The molecule has 0 atom stereocenters. The van der Waals surface area contributed by atoms with E-state index in [1.807, 2.05) is 0 Å². The zero-order chi connectivity index (χ0) is 13.6. The van der Waals surface area contributed by atoms with E-state index < -0.39 is 16.3 Å². The van der Waals surface area contributed by atoms with Crippen molar-refractivity contribution < 1.29 is 18.3 Å². The van der Waals surface area contributed by atoms with Crippen LogP contribution >= 0.6 is 0 Å². The lowest BCUT2D eigenvalue weighted by Gasteiger charge is -2.19. The van der Waals surface area contributed by atoms with Crippen LogP contribution in [0.4, 0.5) is 4.79 Å². The smallest absolute Gasteiger partial charge is 0.422 e. The molecule has 0 aliphatic carbocycles. The number of carbonyl (C=O) groups is 1. The quantitative estimate of drug-likeness (QED) is 0.819. The molecule has 0 saturated carbocycles. The summed E-state index contributed by atoms with van der Waals surface area (Å²) in [5.74, 6) is 0. The molecule has 2 N–H and O–H groups in total. The highest BCUT2D eigenvalue weighted by molar-refractivity contribution is 7.87. The van der Waals surface area contributed by atoms with Crippen LogP contribution in [0.25, 0.3) is 0 Å². The molecule has 18 heavy (non-hydrogen) atoms. The third-order valence-corrected chi connectivity index (χ3v) is 3.64. The van der Waals surface area contributed by atoms with Gasteiger partial charge in [0.1, 0.15) is 0 Å². The number of amides is 1. The Morgan fingerprint density at radius 3 is 2.44 bits per heavy atom. The normalized spacial score (nSPS) is 11.2. The van der Waals surface area contributed by atoms with Gasteiger partial charge in [-0.15, -0.1) is 0 Å². The predicted molar refractivity (Wildman–Crippen MR) is 67.2 cm³/mol. The molecule has 0 saturated heterocycles. The molecule has 0 unspecified atom stereocenters. The van der Waals surface area contributed by atoms with Crippen LogP contribution in [-0.2, 0) is 16.8 Å². The second kappa shape index (κ2) is 6.36. The van der Waals surface area contributed by atoms with Crippen LogP contribution in [-0.4, -0.2) is 30.5 Å². The number of nitrogens with one attached hydrogen (secondary N) is 1. The fourth-order valence-corrected chi connectivity index (χ4v) is 2.46. The molecule has 0 fully saturated rings. The van der Waals surface area contributed by atoms with Crippen molar-refractivity contribution in [1.29, 1.82) is 0 Å². The monoisotopic (exact) mass is 272 g/mol. The van der Waals surface area contributed by atoms with E-state index in [-0.39, 0.29) is 13.1 Å². The van der Waals surface area contributed by atoms with Gasteiger partial charge in [-0.3, -0.25) is 0 Å². The molecule has 0 aliphatic rings. The lowest BCUT2D eigenvalue weighted by atomic mass is 10.2. The highest BCUT2D eigenvalue weighted by Crippen LogP contribution is 2.08. The molecular weight excluding hydrogens is 256 g/mol. The molecule has 0 aliphatic heterocycles. The van der Waals surface area contributed by atoms with Gasteiger partial charge in [0.2, 0.25) is 0 Å². The Balaban J connectivity index is 2.87. The number of hydrogen-bond donors (Lipinski definition) is 2. The molecule has 0 bridgehead atoms. The van der Waals surface area contributed by atoms with Gasteiger partial charge in [0, 0.05) is 6.54 Å². The second-order valence-corrected chi connectivity index (χ2v) is 5.35. The van der Waals surface area contributed by atoms with Crippen molar-refractivity contribution in [2.75, 3.05) is 6.54 Å². The lowest BCUT2D eigenvalue weighted by Crippen LogP contribution is -2.43. The van der Waals surface area contributed by atoms with Crippen LogP contribution in [0.15, 0.2) is 30.3 Å². The second-order valence-electron chi connectivity index (χ2n) is 3.67. The number of benzene rings is 1. The Morgan fingerprint density at radius 1 is 1.33 bits per heavy atom. The first-order chi connectivity index (χ1) is 8.47. The van der Waals surface area contributed by atoms with Crippen molar-refractivity contribution in [3.05, 3.63) is 35.9 Å². The van der Waals surface area contributed by atoms with E-state index in [1.165, 1.54) is 0 Å². The van der Waals surface area contributed by atoms with Crippen LogP contribution in [0.1, 0.15) is 18.9 Å². The van der Waals surface area contributed by atoms with Gasteiger partial charge in [0.25, 0.3) is 0 Å². The summed E-state index contributed by atoms with van der Waals surface area (Å²) in [5, 5.41) is 8.98. The molecule has 0 spiro atoms. The van der Waals surface area contributed by atoms with Crippen molar-refractivity contribution in [2.24, 2.45) is 0 Å². The van der Waals surface area contributed by atoms with E-state index in [0.717, 1.165) is 0 Å². The Morgan fingerprint density at radius 2 is 1.94 bits per heavy atom. The fourth-order valence-electron chi connectivity index (χ4n) is 1.31. The molecular formula is C11H16N2O4S. The Labute approximate surface area is 106 Å². The van der Waals surface area contributed by atoms with E-state index >= 15 is 0 Å². The summed E-state index contributed by atoms with van der Waals surface area (Å²) in [6.07, 6.45) is -0.902. The zero-order valence-corrected chi connectivity index (χ0v) is 10.9. The van der Waals surface area contributed by atoms with Gasteiger partial charge in [-0.25, -0.2) is 4.79 Å². The highest BCUT2D eigenvalue weighted by atomic mass is 32.2. The summed E-state index contributed by atoms with van der Waals surface area (Å²) in [6, 6.07) is 8.57. The molecule has 1 aromatic carbocycles. The number of carboxylic acid groups (broad SMARTS) is 1. The maximum Gasteiger partial charge on any atom is 0.422 e. The van der Waals surface area contributed by atoms with Crippen molar-refractivity contribution in [3.63, 3.8) is 0 Å². The first-order valence-electron chi connectivity index (χ1n) is 5.51. The van der Waals surface area contributed by atoms with Crippen LogP contribution in [0.5, 0.6) is 0 Å². The van der Waals surface area contributed by atoms with Gasteiger partial charge in [-0.1, -0.05) is 37.3 Å². The maximum atomic E-state index is 11.8. The number of rotatable bonds is 6. The SMILES string of the molecule is CCCNS(=O)(=O)N(Cc1ccccc1)C(=O)O. The van der Waals surface area contributed by atoms with Gasteiger partial charge < -0.3 is 5.11 Å². The Hall–Kier alpha value is -1.60. The number of hydrogen-bond acceptors (Lipinski definition) is 3. The van der Waals surface area contributed by atoms with Gasteiger partial charge in [-0.05, 0) is 12.0 Å². The molecule has 0 aromatic heterocycles. The molecule has 1 rings (SSSR count). The molecule has 1 aromatic rings. The summed E-state index contributed by atoms with van der Waals surface area (Å²) in [4.78, 5) is 11.0. The summed E-state index contributed by atoms with van der Waals surface area (Å²) in [5.41, 5.74) is 0.613. The minimum absolute atomic E-state index is 0.199. The molecule has 6 nitrogen and oxygen atoms in total. The van der Waals surface area contributed by atoms with Crippen molar-refractivity contribution in [2.45, 2.75) is 19.9 Å². The predicted octanol–water partition coefficient (Wildman–Crippen LogP) is 1.41. The van der Waals surface area contributed by atoms with E-state index in [1.54, 1.807) is 37.3 Å². The molecule has 0 heterocycles. The fraction of sp³-hybridized carbons (Fsp3) is 0.364. The number of nitrogens with zero attached hydrogens (tertiary/aromatic N) is 1.